The lowest BCUT2D eigenvalue weighted by molar-refractivity contribution is -0.142. The van der Waals surface area contributed by atoms with Crippen LogP contribution >= 0.6 is 0 Å². The molecule has 3 atom stereocenters. The number of rotatable bonds is 1. The zero-order valence-electron chi connectivity index (χ0n) is 11.6. The fraction of sp³-hybridized carbons (Fsp3) is 0.800. The quantitative estimate of drug-likeness (QED) is 0.702. The summed E-state index contributed by atoms with van der Waals surface area (Å²) in [6.45, 7) is 6.34. The maximum absolute atomic E-state index is 12.1. The van der Waals surface area contributed by atoms with Gasteiger partial charge in [-0.1, -0.05) is 26.8 Å². The monoisotopic (exact) mass is 252 g/mol. The van der Waals surface area contributed by atoms with Gasteiger partial charge >= 0.3 is 0 Å². The molecule has 0 aromatic carbocycles. The summed E-state index contributed by atoms with van der Waals surface area (Å²) in [6, 6.07) is 0. The first-order chi connectivity index (χ1) is 8.34. The Hall–Kier alpha value is -0.670. The third-order valence-corrected chi connectivity index (χ3v) is 5.55. The minimum atomic E-state index is -0.601. The molecule has 0 bridgehead atoms. The lowest BCUT2D eigenvalue weighted by atomic mass is 9.48. The maximum atomic E-state index is 12.1. The highest BCUT2D eigenvalue weighted by atomic mass is 16.3. The van der Waals surface area contributed by atoms with Gasteiger partial charge in [0.2, 0.25) is 0 Å². The van der Waals surface area contributed by atoms with Crippen molar-refractivity contribution in [3.8, 4) is 0 Å². The van der Waals surface area contributed by atoms with Gasteiger partial charge in [0.1, 0.15) is 5.78 Å². The van der Waals surface area contributed by atoms with Crippen molar-refractivity contribution in [1.29, 1.82) is 0 Å². The Morgan fingerprint density at radius 3 is 2.67 bits per heavy atom. The highest BCUT2D eigenvalue weighted by Crippen LogP contribution is 2.58. The van der Waals surface area contributed by atoms with Crippen LogP contribution in [-0.2, 0) is 4.79 Å². The summed E-state index contributed by atoms with van der Waals surface area (Å²) in [5.41, 5.74) is 0.612. The van der Waals surface area contributed by atoms with Gasteiger partial charge in [0.05, 0.1) is 12.7 Å². The standard InChI is InChI=1S/C15H24O3/c1-10-12(17)5-6-14(2,3)15(10)7-4-11(9-16)13(18)8-15/h4,10,13,16,18H,5-9H2,1-3H3/t10-,13-,15-/m0/s1. The average Bonchev–Trinajstić information content (AvgIpc) is 2.33. The lowest BCUT2D eigenvalue weighted by Crippen LogP contribution is -2.52. The average molecular weight is 252 g/mol. The van der Waals surface area contributed by atoms with Crippen LogP contribution in [0.5, 0.6) is 0 Å². The van der Waals surface area contributed by atoms with Crippen molar-refractivity contribution in [2.45, 2.75) is 52.6 Å². The summed E-state index contributed by atoms with van der Waals surface area (Å²) in [6.07, 6.45) is 4.29. The molecule has 2 N–H and O–H groups in total. The molecular formula is C15H24O3. The van der Waals surface area contributed by atoms with Crippen molar-refractivity contribution in [3.05, 3.63) is 11.6 Å². The molecule has 0 aromatic rings. The molecule has 102 valence electrons. The summed E-state index contributed by atoms with van der Waals surface area (Å²) >= 11 is 0. The Morgan fingerprint density at radius 2 is 2.11 bits per heavy atom. The van der Waals surface area contributed by atoms with Crippen molar-refractivity contribution in [1.82, 2.24) is 0 Å². The van der Waals surface area contributed by atoms with Gasteiger partial charge in [0.25, 0.3) is 0 Å². The van der Waals surface area contributed by atoms with Crippen molar-refractivity contribution in [2.24, 2.45) is 16.7 Å². The molecule has 2 aliphatic rings. The fourth-order valence-electron chi connectivity index (χ4n) is 3.88. The number of ketones is 1. The molecular weight excluding hydrogens is 228 g/mol. The van der Waals surface area contributed by atoms with E-state index in [0.717, 1.165) is 12.8 Å². The summed E-state index contributed by atoms with van der Waals surface area (Å²) < 4.78 is 0. The van der Waals surface area contributed by atoms with E-state index >= 15 is 0 Å². The molecule has 0 aromatic heterocycles. The van der Waals surface area contributed by atoms with E-state index in [1.165, 1.54) is 0 Å². The molecule has 0 heterocycles. The van der Waals surface area contributed by atoms with Crippen molar-refractivity contribution in [2.75, 3.05) is 6.61 Å². The SMILES string of the molecule is C[C@H]1C(=O)CCC(C)(C)[C@]12CC=C(CO)[C@@H](O)C2. The maximum Gasteiger partial charge on any atom is 0.136 e. The van der Waals surface area contributed by atoms with E-state index in [1.807, 2.05) is 13.0 Å². The number of carbonyl (C=O) groups is 1. The van der Waals surface area contributed by atoms with Crippen LogP contribution in [0.15, 0.2) is 11.6 Å². The van der Waals surface area contributed by atoms with Crippen LogP contribution in [-0.4, -0.2) is 28.7 Å². The second-order valence-corrected chi connectivity index (χ2v) is 6.59. The molecule has 0 aliphatic heterocycles. The van der Waals surface area contributed by atoms with Crippen LogP contribution < -0.4 is 0 Å². The summed E-state index contributed by atoms with van der Waals surface area (Å²) in [4.78, 5) is 12.1. The molecule has 2 aliphatic carbocycles. The molecule has 1 fully saturated rings. The Morgan fingerprint density at radius 1 is 1.44 bits per heavy atom. The van der Waals surface area contributed by atoms with Crippen molar-refractivity contribution in [3.63, 3.8) is 0 Å². The second-order valence-electron chi connectivity index (χ2n) is 6.59. The summed E-state index contributed by atoms with van der Waals surface area (Å²) in [5.74, 6) is 0.315. The zero-order valence-corrected chi connectivity index (χ0v) is 11.6. The summed E-state index contributed by atoms with van der Waals surface area (Å²) in [7, 11) is 0. The Labute approximate surface area is 109 Å². The van der Waals surface area contributed by atoms with Crippen LogP contribution in [0, 0.1) is 16.7 Å². The van der Waals surface area contributed by atoms with E-state index in [9.17, 15) is 15.0 Å². The van der Waals surface area contributed by atoms with Gasteiger partial charge in [-0.3, -0.25) is 4.79 Å². The van der Waals surface area contributed by atoms with Gasteiger partial charge in [0, 0.05) is 12.3 Å². The predicted molar refractivity (Wildman–Crippen MR) is 70.0 cm³/mol. The second kappa shape index (κ2) is 4.46. The lowest BCUT2D eigenvalue weighted by Gasteiger charge is -2.55. The van der Waals surface area contributed by atoms with E-state index in [0.29, 0.717) is 24.2 Å². The van der Waals surface area contributed by atoms with E-state index in [-0.39, 0.29) is 23.4 Å². The highest BCUT2D eigenvalue weighted by Gasteiger charge is 2.55. The number of allylic oxidation sites excluding steroid dienone is 1. The van der Waals surface area contributed by atoms with Crippen LogP contribution in [0.1, 0.15) is 46.5 Å². The van der Waals surface area contributed by atoms with Crippen molar-refractivity contribution < 1.29 is 15.0 Å². The van der Waals surface area contributed by atoms with Crippen LogP contribution in [0.4, 0.5) is 0 Å². The Kier molecular flexibility index (Phi) is 3.41. The van der Waals surface area contributed by atoms with Gasteiger partial charge in [-0.05, 0) is 35.7 Å². The van der Waals surface area contributed by atoms with Gasteiger partial charge in [-0.25, -0.2) is 0 Å². The number of hydrogen-bond donors (Lipinski definition) is 2. The fourth-order valence-corrected chi connectivity index (χ4v) is 3.88. The van der Waals surface area contributed by atoms with Gasteiger partial charge in [-0.15, -0.1) is 0 Å². The summed E-state index contributed by atoms with van der Waals surface area (Å²) in [5, 5.41) is 19.4. The Bertz CT molecular complexity index is 383. The first-order valence-corrected chi connectivity index (χ1v) is 6.84. The molecule has 0 amide bonds. The van der Waals surface area contributed by atoms with Gasteiger partial charge in [0.15, 0.2) is 0 Å². The minimum absolute atomic E-state index is 0.00704. The minimum Gasteiger partial charge on any atom is -0.392 e. The largest absolute Gasteiger partial charge is 0.392 e. The number of Topliss-reactive ketones (excluding diaryl/α,β-unsaturated/α-hetero) is 1. The zero-order chi connectivity index (χ0) is 13.6. The first kappa shape index (κ1) is 13.8. The molecule has 1 saturated carbocycles. The third kappa shape index (κ3) is 1.84. The van der Waals surface area contributed by atoms with Crippen LogP contribution in [0.3, 0.4) is 0 Å². The van der Waals surface area contributed by atoms with E-state index in [2.05, 4.69) is 13.8 Å². The predicted octanol–water partition coefficient (Wildman–Crippen LogP) is 2.07. The van der Waals surface area contributed by atoms with Crippen molar-refractivity contribution >= 4 is 5.78 Å². The first-order valence-electron chi connectivity index (χ1n) is 6.84. The topological polar surface area (TPSA) is 57.5 Å². The molecule has 3 heteroatoms. The number of aliphatic hydroxyl groups is 2. The molecule has 2 rings (SSSR count). The van der Waals surface area contributed by atoms with E-state index in [4.69, 9.17) is 0 Å². The number of aliphatic hydroxyl groups excluding tert-OH is 2. The normalized spacial score (nSPS) is 39.8. The number of carbonyl (C=O) groups excluding carboxylic acids is 1. The molecule has 0 saturated heterocycles. The molecule has 1 spiro atoms. The Balaban J connectivity index is 2.39. The molecule has 0 radical (unpaired) electrons. The van der Waals surface area contributed by atoms with E-state index in [1.54, 1.807) is 0 Å². The third-order valence-electron chi connectivity index (χ3n) is 5.55. The molecule has 0 unspecified atom stereocenters. The van der Waals surface area contributed by atoms with Crippen LogP contribution in [0.2, 0.25) is 0 Å². The van der Waals surface area contributed by atoms with Gasteiger partial charge < -0.3 is 10.2 Å². The number of hydrogen-bond acceptors (Lipinski definition) is 3. The highest BCUT2D eigenvalue weighted by molar-refractivity contribution is 5.82. The molecule has 18 heavy (non-hydrogen) atoms. The van der Waals surface area contributed by atoms with E-state index < -0.39 is 6.10 Å². The molecule has 3 nitrogen and oxygen atoms in total. The smallest absolute Gasteiger partial charge is 0.136 e. The van der Waals surface area contributed by atoms with Crippen LogP contribution in [0.25, 0.3) is 0 Å². The van der Waals surface area contributed by atoms with Gasteiger partial charge in [-0.2, -0.15) is 0 Å².